The number of halogens is 3. The van der Waals surface area contributed by atoms with E-state index in [1.165, 1.54) is 0 Å². The van der Waals surface area contributed by atoms with E-state index >= 15 is 0 Å². The topological polar surface area (TPSA) is 82.4 Å². The Bertz CT molecular complexity index is 1070. The molecule has 1 aromatic carbocycles. The standard InChI is InChI=1S/C20H20BrClFN5O2/c1-20(2,3)30-19(29)27-9-10-8-14(27)13(6-7-24)28(10)17-11-4-5-12(21)15(23)16(11)25-18(22)26-17/h4-5,10,13-14H,6,8-9H2,1-3H3/t10-,13-,14-/m1/s1. The molecule has 2 bridgehead atoms. The van der Waals surface area contributed by atoms with Crippen LogP contribution >= 0.6 is 27.5 Å². The van der Waals surface area contributed by atoms with E-state index in [1.807, 2.05) is 25.7 Å². The number of carbonyl (C=O) groups excluding carboxylic acids is 1. The van der Waals surface area contributed by atoms with Crippen molar-refractivity contribution in [3.63, 3.8) is 0 Å². The molecule has 1 aromatic heterocycles. The normalized spacial score (nSPS) is 23.2. The van der Waals surface area contributed by atoms with E-state index in [9.17, 15) is 14.4 Å². The zero-order chi connectivity index (χ0) is 21.8. The summed E-state index contributed by atoms with van der Waals surface area (Å²) in [6, 6.07) is 4.95. The average Bonchev–Trinajstić information content (AvgIpc) is 3.22. The van der Waals surface area contributed by atoms with Crippen LogP contribution in [0.25, 0.3) is 10.9 Å². The fraction of sp³-hybridized carbons (Fsp3) is 0.500. The molecule has 0 N–H and O–H groups in total. The van der Waals surface area contributed by atoms with Crippen molar-refractivity contribution >= 4 is 50.3 Å². The van der Waals surface area contributed by atoms with Crippen LogP contribution in [-0.2, 0) is 4.74 Å². The van der Waals surface area contributed by atoms with Crippen LogP contribution < -0.4 is 4.90 Å². The summed E-state index contributed by atoms with van der Waals surface area (Å²) in [5, 5.41) is 9.88. The smallest absolute Gasteiger partial charge is 0.410 e. The summed E-state index contributed by atoms with van der Waals surface area (Å²) >= 11 is 9.30. The van der Waals surface area contributed by atoms with E-state index in [-0.39, 0.29) is 39.8 Å². The number of aromatic nitrogens is 2. The molecule has 4 rings (SSSR count). The summed E-state index contributed by atoms with van der Waals surface area (Å²) in [5.74, 6) is -0.0393. The number of ether oxygens (including phenoxy) is 1. The third-order valence-electron chi connectivity index (χ3n) is 5.40. The van der Waals surface area contributed by atoms with Crippen molar-refractivity contribution in [1.29, 1.82) is 5.26 Å². The molecule has 2 aromatic rings. The summed E-state index contributed by atoms with van der Waals surface area (Å²) in [7, 11) is 0. The van der Waals surface area contributed by atoms with Crippen LogP contribution in [0, 0.1) is 17.1 Å². The molecule has 7 nitrogen and oxygen atoms in total. The van der Waals surface area contributed by atoms with Crippen LogP contribution in [0.15, 0.2) is 16.6 Å². The molecule has 158 valence electrons. The number of nitrogens with zero attached hydrogens (tertiary/aromatic N) is 5. The maximum atomic E-state index is 14.7. The molecule has 0 spiro atoms. The van der Waals surface area contributed by atoms with E-state index in [2.05, 4.69) is 32.0 Å². The SMILES string of the molecule is CC(C)(C)OC(=O)N1C[C@H]2C[C@@H]1[C@@H](CC#N)N2c1nc(Cl)nc2c(F)c(Br)ccc12. The Kier molecular flexibility index (Phi) is 5.27. The second-order valence-electron chi connectivity index (χ2n) is 8.50. The lowest BCUT2D eigenvalue weighted by Crippen LogP contribution is -2.56. The number of amides is 1. The summed E-state index contributed by atoms with van der Waals surface area (Å²) in [6.07, 6.45) is 0.467. The number of piperazine rings is 1. The van der Waals surface area contributed by atoms with E-state index < -0.39 is 17.5 Å². The highest BCUT2D eigenvalue weighted by molar-refractivity contribution is 9.10. The number of anilines is 1. The van der Waals surface area contributed by atoms with Crippen molar-refractivity contribution in [3.05, 3.63) is 27.7 Å². The van der Waals surface area contributed by atoms with Gasteiger partial charge in [-0.1, -0.05) is 0 Å². The summed E-state index contributed by atoms with van der Waals surface area (Å²) < 4.78 is 20.5. The van der Waals surface area contributed by atoms with Gasteiger partial charge in [-0.25, -0.2) is 14.2 Å². The molecule has 3 atom stereocenters. The molecule has 10 heteroatoms. The Morgan fingerprint density at radius 2 is 2.17 bits per heavy atom. The Balaban J connectivity index is 1.74. The Hall–Kier alpha value is -2.18. The number of nitriles is 1. The van der Waals surface area contributed by atoms with Gasteiger partial charge < -0.3 is 14.5 Å². The first-order chi connectivity index (χ1) is 14.1. The molecule has 3 heterocycles. The van der Waals surface area contributed by atoms with E-state index in [0.29, 0.717) is 24.2 Å². The van der Waals surface area contributed by atoms with Crippen molar-refractivity contribution in [2.24, 2.45) is 0 Å². The van der Waals surface area contributed by atoms with Gasteiger partial charge in [-0.2, -0.15) is 10.2 Å². The molecular weight excluding hydrogens is 477 g/mol. The first-order valence-electron chi connectivity index (χ1n) is 9.57. The number of fused-ring (bicyclic) bond motifs is 3. The first-order valence-corrected chi connectivity index (χ1v) is 10.7. The molecular formula is C20H20BrClFN5O2. The second kappa shape index (κ2) is 7.50. The molecule has 2 aliphatic rings. The monoisotopic (exact) mass is 495 g/mol. The average molecular weight is 497 g/mol. The number of benzene rings is 1. The van der Waals surface area contributed by atoms with Gasteiger partial charge in [0.15, 0.2) is 5.82 Å². The van der Waals surface area contributed by atoms with Gasteiger partial charge in [0.25, 0.3) is 0 Å². The molecule has 0 saturated carbocycles. The van der Waals surface area contributed by atoms with Gasteiger partial charge >= 0.3 is 6.09 Å². The van der Waals surface area contributed by atoms with Crippen molar-refractivity contribution < 1.29 is 13.9 Å². The highest BCUT2D eigenvalue weighted by atomic mass is 79.9. The zero-order valence-electron chi connectivity index (χ0n) is 16.7. The van der Waals surface area contributed by atoms with E-state index in [1.54, 1.807) is 17.0 Å². The third kappa shape index (κ3) is 3.56. The lowest BCUT2D eigenvalue weighted by molar-refractivity contribution is 0.0184. The summed E-state index contributed by atoms with van der Waals surface area (Å²) in [5.41, 5.74) is -0.494. The van der Waals surface area contributed by atoms with Crippen LogP contribution in [0.1, 0.15) is 33.6 Å². The quantitative estimate of drug-likeness (QED) is 0.562. The number of rotatable bonds is 2. The molecule has 0 aliphatic carbocycles. The maximum Gasteiger partial charge on any atom is 0.410 e. The van der Waals surface area contributed by atoms with Crippen LogP contribution in [0.5, 0.6) is 0 Å². The minimum Gasteiger partial charge on any atom is -0.444 e. The largest absolute Gasteiger partial charge is 0.444 e. The van der Waals surface area contributed by atoms with Gasteiger partial charge in [0.1, 0.15) is 16.9 Å². The van der Waals surface area contributed by atoms with Crippen molar-refractivity contribution in [1.82, 2.24) is 14.9 Å². The molecule has 30 heavy (non-hydrogen) atoms. The van der Waals surface area contributed by atoms with Gasteiger partial charge in [-0.15, -0.1) is 0 Å². The van der Waals surface area contributed by atoms with Gasteiger partial charge in [-0.3, -0.25) is 0 Å². The molecule has 2 saturated heterocycles. The lowest BCUT2D eigenvalue weighted by atomic mass is 10.1. The number of likely N-dealkylation sites (tertiary alicyclic amines) is 1. The number of hydrogen-bond donors (Lipinski definition) is 0. The van der Waals surface area contributed by atoms with Gasteiger partial charge in [0.2, 0.25) is 5.28 Å². The van der Waals surface area contributed by atoms with Crippen molar-refractivity contribution in [2.45, 2.75) is 57.3 Å². The fourth-order valence-corrected chi connectivity index (χ4v) is 4.83. The predicted octanol–water partition coefficient (Wildman–Crippen LogP) is 4.67. The van der Waals surface area contributed by atoms with Crippen LogP contribution in [0.3, 0.4) is 0 Å². The van der Waals surface area contributed by atoms with Crippen molar-refractivity contribution in [3.8, 4) is 6.07 Å². The lowest BCUT2D eigenvalue weighted by Gasteiger charge is -2.41. The summed E-state index contributed by atoms with van der Waals surface area (Å²) in [6.45, 7) is 5.89. The highest BCUT2D eigenvalue weighted by Gasteiger charge is 2.53. The van der Waals surface area contributed by atoms with Crippen LogP contribution in [-0.4, -0.2) is 51.2 Å². The first kappa shape index (κ1) is 21.1. The number of hydrogen-bond acceptors (Lipinski definition) is 6. The summed E-state index contributed by atoms with van der Waals surface area (Å²) in [4.78, 5) is 24.8. The van der Waals surface area contributed by atoms with Gasteiger partial charge in [0, 0.05) is 11.9 Å². The van der Waals surface area contributed by atoms with E-state index in [4.69, 9.17) is 16.3 Å². The minimum absolute atomic E-state index is 0.0722. The van der Waals surface area contributed by atoms with Crippen molar-refractivity contribution in [2.75, 3.05) is 11.4 Å². The molecule has 0 radical (unpaired) electrons. The molecule has 2 fully saturated rings. The van der Waals surface area contributed by atoms with Gasteiger partial charge in [-0.05, 0) is 66.9 Å². The highest BCUT2D eigenvalue weighted by Crippen LogP contribution is 2.43. The Morgan fingerprint density at radius 3 is 2.83 bits per heavy atom. The maximum absolute atomic E-state index is 14.7. The van der Waals surface area contributed by atoms with Crippen LogP contribution in [0.2, 0.25) is 5.28 Å². The minimum atomic E-state index is -0.607. The Morgan fingerprint density at radius 1 is 1.43 bits per heavy atom. The number of carbonyl (C=O) groups is 1. The second-order valence-corrected chi connectivity index (χ2v) is 9.69. The molecule has 2 aliphatic heterocycles. The molecule has 1 amide bonds. The predicted molar refractivity (Wildman–Crippen MR) is 114 cm³/mol. The zero-order valence-corrected chi connectivity index (χ0v) is 19.0. The van der Waals surface area contributed by atoms with Crippen LogP contribution in [0.4, 0.5) is 15.0 Å². The van der Waals surface area contributed by atoms with Gasteiger partial charge in [0.05, 0.1) is 35.1 Å². The van der Waals surface area contributed by atoms with E-state index in [0.717, 1.165) is 0 Å². The third-order valence-corrected chi connectivity index (χ3v) is 6.18. The Labute approximate surface area is 186 Å². The fourth-order valence-electron chi connectivity index (χ4n) is 4.35. The molecule has 0 unspecified atom stereocenters.